The van der Waals surface area contributed by atoms with E-state index in [2.05, 4.69) is 47.1 Å². The second-order valence-electron chi connectivity index (χ2n) is 5.27. The third kappa shape index (κ3) is 1.71. The normalized spacial score (nSPS) is 14.6. The maximum atomic E-state index is 9.41. The van der Waals surface area contributed by atoms with Gasteiger partial charge in [0.25, 0.3) is 0 Å². The lowest BCUT2D eigenvalue weighted by Crippen LogP contribution is -2.27. The third-order valence-corrected chi connectivity index (χ3v) is 4.10. The summed E-state index contributed by atoms with van der Waals surface area (Å²) in [7, 11) is 0. The van der Waals surface area contributed by atoms with Crippen LogP contribution >= 0.6 is 0 Å². The summed E-state index contributed by atoms with van der Waals surface area (Å²) in [6, 6.07) is 10.1. The lowest BCUT2D eigenvalue weighted by molar-refractivity contribution is 0.972. The predicted molar refractivity (Wildman–Crippen MR) is 85.2 cm³/mol. The number of nitriles is 1. The minimum absolute atomic E-state index is 0.712. The fourth-order valence-corrected chi connectivity index (χ4v) is 3.19. The Kier molecular flexibility index (Phi) is 2.65. The minimum Gasteiger partial charge on any atom is -0.309 e. The molecule has 1 aromatic carbocycles. The molecular formula is C19H14N2. The van der Waals surface area contributed by atoms with Gasteiger partial charge in [0.05, 0.1) is 21.9 Å². The number of rotatable bonds is 1. The number of fused-ring (bicyclic) bond motifs is 3. The molecule has 4 rings (SSSR count). The SMILES string of the molecule is N#Cc1ccccc1-n1c2c(c3c1=CC=CC3)C=CCC=2. The Morgan fingerprint density at radius 1 is 1.10 bits per heavy atom. The third-order valence-electron chi connectivity index (χ3n) is 4.10. The topological polar surface area (TPSA) is 28.7 Å². The molecule has 21 heavy (non-hydrogen) atoms. The largest absolute Gasteiger partial charge is 0.309 e. The summed E-state index contributed by atoms with van der Waals surface area (Å²) in [6.07, 6.45) is 15.0. The fraction of sp³-hybridized carbons (Fsp3) is 0.105. The zero-order chi connectivity index (χ0) is 14.2. The van der Waals surface area contributed by atoms with Crippen molar-refractivity contribution in [2.24, 2.45) is 0 Å². The molecular weight excluding hydrogens is 256 g/mol. The van der Waals surface area contributed by atoms with Gasteiger partial charge < -0.3 is 4.57 Å². The van der Waals surface area contributed by atoms with Gasteiger partial charge in [-0.2, -0.15) is 5.26 Å². The molecule has 2 aliphatic rings. The smallest absolute Gasteiger partial charge is 0.101 e. The van der Waals surface area contributed by atoms with Gasteiger partial charge in [-0.15, -0.1) is 0 Å². The Morgan fingerprint density at radius 3 is 2.90 bits per heavy atom. The van der Waals surface area contributed by atoms with Gasteiger partial charge in [-0.05, 0) is 36.6 Å². The van der Waals surface area contributed by atoms with Crippen molar-refractivity contribution in [2.75, 3.05) is 0 Å². The molecule has 1 heterocycles. The number of allylic oxidation sites excluding steroid dienone is 3. The van der Waals surface area contributed by atoms with Crippen LogP contribution < -0.4 is 10.7 Å². The van der Waals surface area contributed by atoms with E-state index in [0.29, 0.717) is 5.56 Å². The van der Waals surface area contributed by atoms with Crippen molar-refractivity contribution in [2.45, 2.75) is 12.8 Å². The summed E-state index contributed by atoms with van der Waals surface area (Å²) in [5.74, 6) is 0. The highest BCUT2D eigenvalue weighted by Crippen LogP contribution is 2.17. The predicted octanol–water partition coefficient (Wildman–Crippen LogP) is 2.44. The Morgan fingerprint density at radius 2 is 2.00 bits per heavy atom. The molecule has 0 fully saturated rings. The number of benzene rings is 1. The maximum Gasteiger partial charge on any atom is 0.101 e. The van der Waals surface area contributed by atoms with Gasteiger partial charge in [-0.1, -0.05) is 42.5 Å². The molecule has 0 N–H and O–H groups in total. The number of aromatic nitrogens is 1. The zero-order valence-corrected chi connectivity index (χ0v) is 11.6. The molecule has 0 aliphatic heterocycles. The van der Waals surface area contributed by atoms with Crippen LogP contribution in [0.5, 0.6) is 0 Å². The van der Waals surface area contributed by atoms with Crippen LogP contribution in [0.3, 0.4) is 0 Å². The van der Waals surface area contributed by atoms with Crippen molar-refractivity contribution in [3.05, 3.63) is 69.9 Å². The molecule has 100 valence electrons. The second-order valence-corrected chi connectivity index (χ2v) is 5.27. The van der Waals surface area contributed by atoms with E-state index in [-0.39, 0.29) is 0 Å². The highest BCUT2D eigenvalue weighted by atomic mass is 15.0. The quantitative estimate of drug-likeness (QED) is 0.782. The standard InChI is InChI=1S/C19H14N2/c20-13-14-7-1-4-10-17(14)21-18-11-5-2-8-15(18)16-9-3-6-12-19(16)21/h1-5,7,9-12H,6,8H2. The molecule has 0 saturated carbocycles. The zero-order valence-electron chi connectivity index (χ0n) is 11.6. The Hall–Kier alpha value is -2.79. The van der Waals surface area contributed by atoms with Crippen LogP contribution in [0.1, 0.15) is 23.1 Å². The van der Waals surface area contributed by atoms with Crippen LogP contribution in [0.25, 0.3) is 23.9 Å². The van der Waals surface area contributed by atoms with Crippen molar-refractivity contribution < 1.29 is 0 Å². The highest BCUT2D eigenvalue weighted by molar-refractivity contribution is 5.65. The monoisotopic (exact) mass is 270 g/mol. The molecule has 2 aliphatic carbocycles. The van der Waals surface area contributed by atoms with E-state index in [0.717, 1.165) is 18.5 Å². The molecule has 2 aromatic rings. The van der Waals surface area contributed by atoms with Crippen molar-refractivity contribution >= 4 is 18.2 Å². The van der Waals surface area contributed by atoms with Crippen molar-refractivity contribution in [1.82, 2.24) is 4.57 Å². The van der Waals surface area contributed by atoms with Crippen LogP contribution in [-0.4, -0.2) is 4.57 Å². The lowest BCUT2D eigenvalue weighted by Gasteiger charge is -2.09. The van der Waals surface area contributed by atoms with E-state index >= 15 is 0 Å². The van der Waals surface area contributed by atoms with Gasteiger partial charge in [0.1, 0.15) is 6.07 Å². The first-order chi connectivity index (χ1) is 10.4. The molecule has 2 nitrogen and oxygen atoms in total. The summed E-state index contributed by atoms with van der Waals surface area (Å²) in [5.41, 5.74) is 4.33. The van der Waals surface area contributed by atoms with Crippen LogP contribution in [0, 0.1) is 11.3 Å². The van der Waals surface area contributed by atoms with Crippen molar-refractivity contribution in [3.8, 4) is 11.8 Å². The summed E-state index contributed by atoms with van der Waals surface area (Å²) in [4.78, 5) is 0. The molecule has 1 aromatic heterocycles. The van der Waals surface area contributed by atoms with Gasteiger partial charge in [-0.25, -0.2) is 0 Å². The number of hydrogen-bond acceptors (Lipinski definition) is 1. The fourth-order valence-electron chi connectivity index (χ4n) is 3.19. The summed E-state index contributed by atoms with van der Waals surface area (Å²) in [6.45, 7) is 0. The van der Waals surface area contributed by atoms with E-state index in [4.69, 9.17) is 0 Å². The minimum atomic E-state index is 0.712. The molecule has 2 heteroatoms. The molecule has 0 bridgehead atoms. The highest BCUT2D eigenvalue weighted by Gasteiger charge is 2.17. The molecule has 0 atom stereocenters. The first-order valence-corrected chi connectivity index (χ1v) is 7.17. The van der Waals surface area contributed by atoms with Gasteiger partial charge in [0.2, 0.25) is 0 Å². The number of hydrogen-bond donors (Lipinski definition) is 0. The van der Waals surface area contributed by atoms with E-state index in [9.17, 15) is 5.26 Å². The lowest BCUT2D eigenvalue weighted by atomic mass is 10.0. The van der Waals surface area contributed by atoms with Crippen LogP contribution in [0.15, 0.2) is 42.5 Å². The number of para-hydroxylation sites is 1. The molecule has 0 amide bonds. The van der Waals surface area contributed by atoms with Crippen molar-refractivity contribution in [3.63, 3.8) is 0 Å². The van der Waals surface area contributed by atoms with Gasteiger partial charge >= 0.3 is 0 Å². The van der Waals surface area contributed by atoms with Crippen molar-refractivity contribution in [1.29, 1.82) is 5.26 Å². The molecule has 0 spiro atoms. The number of nitrogens with zero attached hydrogens (tertiary/aromatic N) is 2. The van der Waals surface area contributed by atoms with Gasteiger partial charge in [0, 0.05) is 5.56 Å². The Labute approximate surface area is 123 Å². The Balaban J connectivity index is 2.17. The van der Waals surface area contributed by atoms with Crippen LogP contribution in [0.4, 0.5) is 0 Å². The summed E-state index contributed by atoms with van der Waals surface area (Å²) in [5, 5.41) is 11.8. The molecule has 0 radical (unpaired) electrons. The average molecular weight is 270 g/mol. The van der Waals surface area contributed by atoms with E-state index < -0.39 is 0 Å². The summed E-state index contributed by atoms with van der Waals surface area (Å²) >= 11 is 0. The van der Waals surface area contributed by atoms with Gasteiger partial charge in [-0.3, -0.25) is 0 Å². The first kappa shape index (κ1) is 12.0. The second kappa shape index (κ2) is 4.64. The molecule has 0 unspecified atom stereocenters. The van der Waals surface area contributed by atoms with Crippen LogP contribution in [-0.2, 0) is 6.42 Å². The average Bonchev–Trinajstić information content (AvgIpc) is 2.89. The van der Waals surface area contributed by atoms with Crippen LogP contribution in [0.2, 0.25) is 0 Å². The van der Waals surface area contributed by atoms with Gasteiger partial charge in [0.15, 0.2) is 0 Å². The Bertz CT molecular complexity index is 947. The van der Waals surface area contributed by atoms with E-state index in [1.165, 1.54) is 21.8 Å². The van der Waals surface area contributed by atoms with E-state index in [1.54, 1.807) is 0 Å². The first-order valence-electron chi connectivity index (χ1n) is 7.17. The summed E-state index contributed by atoms with van der Waals surface area (Å²) < 4.78 is 2.23. The maximum absolute atomic E-state index is 9.41. The van der Waals surface area contributed by atoms with E-state index in [1.807, 2.05) is 24.3 Å². The molecule has 0 saturated heterocycles.